The van der Waals surface area contributed by atoms with E-state index in [0.717, 1.165) is 5.56 Å². The molecule has 2 aliphatic rings. The number of rotatable bonds is 4. The number of hydrogen-bond acceptors (Lipinski definition) is 7. The maximum atomic E-state index is 13.8. The number of piperazine rings is 1. The summed E-state index contributed by atoms with van der Waals surface area (Å²) in [6.07, 6.45) is 1.15. The minimum atomic E-state index is -3.02. The zero-order valence-corrected chi connectivity index (χ0v) is 22.7. The largest absolute Gasteiger partial charge is 0.364 e. The Balaban J connectivity index is 1.51. The molecule has 4 heterocycles. The monoisotopic (exact) mass is 537 g/mol. The molecule has 0 spiro atoms. The lowest BCUT2D eigenvalue weighted by Gasteiger charge is -2.50. The van der Waals surface area contributed by atoms with E-state index < -0.39 is 9.84 Å². The third-order valence-corrected chi connectivity index (χ3v) is 9.86. The molecule has 10 heteroatoms. The first-order valence-corrected chi connectivity index (χ1v) is 14.8. The van der Waals surface area contributed by atoms with Crippen molar-refractivity contribution in [3.05, 3.63) is 69.9 Å². The van der Waals surface area contributed by atoms with Crippen LogP contribution in [0.4, 0.5) is 10.1 Å². The number of nitrogens with zero attached hydrogens (tertiary/aromatic N) is 5. The van der Waals surface area contributed by atoms with Gasteiger partial charge < -0.3 is 9.47 Å². The van der Waals surface area contributed by atoms with E-state index in [0.29, 0.717) is 48.3 Å². The number of pyridine rings is 2. The van der Waals surface area contributed by atoms with Crippen LogP contribution >= 0.6 is 0 Å². The topological polar surface area (TPSA) is 99.3 Å². The van der Waals surface area contributed by atoms with Crippen molar-refractivity contribution in [2.24, 2.45) is 13.0 Å². The van der Waals surface area contributed by atoms with Gasteiger partial charge in [0.2, 0.25) is 0 Å². The molecule has 0 N–H and O–H groups in total. The van der Waals surface area contributed by atoms with Gasteiger partial charge in [-0.1, -0.05) is 12.1 Å². The van der Waals surface area contributed by atoms with E-state index in [9.17, 15) is 22.9 Å². The minimum Gasteiger partial charge on any atom is -0.364 e. The Morgan fingerprint density at radius 1 is 1.05 bits per heavy atom. The molecular formula is C28H32FN5O3S. The maximum absolute atomic E-state index is 13.8. The summed E-state index contributed by atoms with van der Waals surface area (Å²) in [4.78, 5) is 22.0. The van der Waals surface area contributed by atoms with Crippen molar-refractivity contribution < 1.29 is 12.8 Å². The Morgan fingerprint density at radius 2 is 1.74 bits per heavy atom. The van der Waals surface area contributed by atoms with Crippen LogP contribution in [-0.2, 0) is 16.9 Å². The number of halogens is 1. The Kier molecular flexibility index (Phi) is 7.01. The highest BCUT2D eigenvalue weighted by atomic mass is 32.2. The van der Waals surface area contributed by atoms with Gasteiger partial charge in [0, 0.05) is 44.3 Å². The van der Waals surface area contributed by atoms with Crippen LogP contribution in [-0.4, -0.2) is 59.5 Å². The Bertz CT molecular complexity index is 1550. The van der Waals surface area contributed by atoms with Crippen molar-refractivity contribution in [2.75, 3.05) is 29.5 Å². The van der Waals surface area contributed by atoms with Gasteiger partial charge in [-0.2, -0.15) is 5.26 Å². The van der Waals surface area contributed by atoms with Crippen molar-refractivity contribution in [3.8, 4) is 6.07 Å². The molecule has 8 nitrogen and oxygen atoms in total. The van der Waals surface area contributed by atoms with Gasteiger partial charge in [-0.3, -0.25) is 9.69 Å². The summed E-state index contributed by atoms with van der Waals surface area (Å²) in [5.41, 5.74) is 3.13. The standard InChI is InChI=1S/C28H32FN5O3S/c1-18-17-34(28(20-4-6-22(29)7-5-20)21-10-12-38(36,37)13-11-21)19(2)16-33(18)25-14-26(35)32(3)24-9-8-23(15-30)31-27(24)25/h4-9,14,18-19,21,28H,10-13,16-17H2,1-3H3/t18-,19+,28?/m0/s1. The molecule has 38 heavy (non-hydrogen) atoms. The van der Waals surface area contributed by atoms with E-state index in [1.54, 1.807) is 29.8 Å². The third kappa shape index (κ3) is 4.93. The molecule has 0 aliphatic carbocycles. The summed E-state index contributed by atoms with van der Waals surface area (Å²) in [6, 6.07) is 13.6. The van der Waals surface area contributed by atoms with E-state index in [4.69, 9.17) is 0 Å². The van der Waals surface area contributed by atoms with Gasteiger partial charge in [-0.15, -0.1) is 0 Å². The molecule has 0 bridgehead atoms. The zero-order valence-electron chi connectivity index (χ0n) is 21.8. The van der Waals surface area contributed by atoms with Gasteiger partial charge in [0.1, 0.15) is 32.9 Å². The van der Waals surface area contributed by atoms with Gasteiger partial charge in [-0.05, 0) is 62.4 Å². The molecule has 0 amide bonds. The molecular weight excluding hydrogens is 505 g/mol. The SMILES string of the molecule is C[C@@H]1CN(c2cc(=O)n(C)c3ccc(C#N)nc23)[C@@H](C)CN1C(c1ccc(F)cc1)C1CCS(=O)(=O)CC1. The minimum absolute atomic E-state index is 0.00400. The summed E-state index contributed by atoms with van der Waals surface area (Å²) in [6.45, 7) is 5.52. The van der Waals surface area contributed by atoms with Crippen LogP contribution in [0, 0.1) is 23.1 Å². The number of anilines is 1. The smallest absolute Gasteiger partial charge is 0.252 e. The average molecular weight is 538 g/mol. The molecule has 1 aromatic carbocycles. The van der Waals surface area contributed by atoms with Crippen LogP contribution in [0.3, 0.4) is 0 Å². The molecule has 2 saturated heterocycles. The number of aromatic nitrogens is 2. The fraction of sp³-hybridized carbons (Fsp3) is 0.464. The zero-order chi connectivity index (χ0) is 27.2. The third-order valence-electron chi connectivity index (χ3n) is 8.14. The van der Waals surface area contributed by atoms with Gasteiger partial charge in [0.05, 0.1) is 22.7 Å². The average Bonchev–Trinajstić information content (AvgIpc) is 2.89. The van der Waals surface area contributed by atoms with Crippen molar-refractivity contribution in [2.45, 2.75) is 44.8 Å². The first-order valence-electron chi connectivity index (χ1n) is 13.0. The van der Waals surface area contributed by atoms with Crippen LogP contribution in [0.5, 0.6) is 0 Å². The predicted octanol–water partition coefficient (Wildman–Crippen LogP) is 3.41. The molecule has 1 unspecified atom stereocenters. The van der Waals surface area contributed by atoms with Crippen LogP contribution in [0.25, 0.3) is 11.0 Å². The molecule has 2 aromatic heterocycles. The number of fused-ring (bicyclic) bond motifs is 1. The number of sulfone groups is 1. The first-order chi connectivity index (χ1) is 18.1. The van der Waals surface area contributed by atoms with Crippen LogP contribution in [0.1, 0.15) is 44.0 Å². The number of hydrogen-bond donors (Lipinski definition) is 0. The molecule has 3 aromatic rings. The number of nitriles is 1. The summed E-state index contributed by atoms with van der Waals surface area (Å²) < 4.78 is 39.7. The van der Waals surface area contributed by atoms with Gasteiger partial charge in [0.25, 0.3) is 5.56 Å². The van der Waals surface area contributed by atoms with Crippen LogP contribution in [0.2, 0.25) is 0 Å². The first kappa shape index (κ1) is 26.3. The van der Waals surface area contributed by atoms with Crippen molar-refractivity contribution >= 4 is 26.6 Å². The Labute approximate surface area is 222 Å². The highest BCUT2D eigenvalue weighted by Gasteiger charge is 2.40. The summed E-state index contributed by atoms with van der Waals surface area (Å²) in [5.74, 6) is 0.179. The van der Waals surface area contributed by atoms with Crippen molar-refractivity contribution in [1.82, 2.24) is 14.5 Å². The van der Waals surface area contributed by atoms with Crippen LogP contribution < -0.4 is 10.5 Å². The lowest BCUT2D eigenvalue weighted by Crippen LogP contribution is -2.58. The molecule has 200 valence electrons. The van der Waals surface area contributed by atoms with E-state index in [1.807, 2.05) is 12.1 Å². The molecule has 0 radical (unpaired) electrons. The molecule has 3 atom stereocenters. The fourth-order valence-electron chi connectivity index (χ4n) is 6.09. The van der Waals surface area contributed by atoms with E-state index in [-0.39, 0.29) is 46.9 Å². The Morgan fingerprint density at radius 3 is 2.39 bits per heavy atom. The van der Waals surface area contributed by atoms with E-state index in [1.165, 1.54) is 12.1 Å². The summed E-state index contributed by atoms with van der Waals surface area (Å²) in [5, 5.41) is 9.43. The Hall–Kier alpha value is -3.29. The number of benzene rings is 1. The lowest BCUT2D eigenvalue weighted by atomic mass is 9.85. The lowest BCUT2D eigenvalue weighted by molar-refractivity contribution is 0.0688. The predicted molar refractivity (Wildman–Crippen MR) is 145 cm³/mol. The van der Waals surface area contributed by atoms with Gasteiger partial charge in [0.15, 0.2) is 0 Å². The molecule has 2 aliphatic heterocycles. The van der Waals surface area contributed by atoms with E-state index >= 15 is 0 Å². The second-order valence-electron chi connectivity index (χ2n) is 10.6. The summed E-state index contributed by atoms with van der Waals surface area (Å²) >= 11 is 0. The second kappa shape index (κ2) is 10.1. The number of aryl methyl sites for hydroxylation is 1. The molecule has 5 rings (SSSR count). The second-order valence-corrected chi connectivity index (χ2v) is 12.9. The van der Waals surface area contributed by atoms with Crippen molar-refractivity contribution in [1.29, 1.82) is 5.26 Å². The fourth-order valence-corrected chi connectivity index (χ4v) is 7.62. The quantitative estimate of drug-likeness (QED) is 0.503. The maximum Gasteiger partial charge on any atom is 0.252 e. The highest BCUT2D eigenvalue weighted by Crippen LogP contribution is 2.40. The highest BCUT2D eigenvalue weighted by molar-refractivity contribution is 7.91. The summed E-state index contributed by atoms with van der Waals surface area (Å²) in [7, 11) is -1.32. The normalized spacial score (nSPS) is 23.3. The van der Waals surface area contributed by atoms with Gasteiger partial charge in [-0.25, -0.2) is 17.8 Å². The van der Waals surface area contributed by atoms with E-state index in [2.05, 4.69) is 34.7 Å². The molecule has 0 saturated carbocycles. The van der Waals surface area contributed by atoms with Crippen LogP contribution in [0.15, 0.2) is 47.3 Å². The van der Waals surface area contributed by atoms with Gasteiger partial charge >= 0.3 is 0 Å². The molecule has 2 fully saturated rings. The van der Waals surface area contributed by atoms with Crippen molar-refractivity contribution in [3.63, 3.8) is 0 Å².